The topological polar surface area (TPSA) is 36.3 Å². The van der Waals surface area contributed by atoms with Gasteiger partial charge in [0, 0.05) is 19.2 Å². The Morgan fingerprint density at radius 2 is 2.10 bits per heavy atom. The predicted octanol–water partition coefficient (Wildman–Crippen LogP) is 3.60. The Bertz CT molecular complexity index is 325. The van der Waals surface area contributed by atoms with E-state index < -0.39 is 0 Å². The van der Waals surface area contributed by atoms with E-state index in [1.165, 1.54) is 32.1 Å². The monoisotopic (exact) mass is 278 g/mol. The zero-order chi connectivity index (χ0) is 14.4. The van der Waals surface area contributed by atoms with Gasteiger partial charge < -0.3 is 4.74 Å². The van der Waals surface area contributed by atoms with Crippen LogP contribution < -0.4 is 0 Å². The molecule has 0 radical (unpaired) electrons. The summed E-state index contributed by atoms with van der Waals surface area (Å²) in [6.45, 7) is 7.53. The Morgan fingerprint density at radius 3 is 2.80 bits per heavy atom. The van der Waals surface area contributed by atoms with Gasteiger partial charge in [-0.3, -0.25) is 4.90 Å². The minimum absolute atomic E-state index is 0.239. The molecule has 2 aliphatic rings. The lowest BCUT2D eigenvalue weighted by atomic mass is 9.76. The first-order chi connectivity index (χ1) is 9.78. The molecular formula is C17H30N2O. The molecule has 3 nitrogen and oxygen atoms in total. The lowest BCUT2D eigenvalue weighted by Crippen LogP contribution is -2.50. The summed E-state index contributed by atoms with van der Waals surface area (Å²) >= 11 is 0. The highest BCUT2D eigenvalue weighted by Crippen LogP contribution is 2.35. The van der Waals surface area contributed by atoms with E-state index in [1.54, 1.807) is 0 Å². The second-order valence-corrected chi connectivity index (χ2v) is 6.52. The third kappa shape index (κ3) is 3.96. The van der Waals surface area contributed by atoms with Crippen LogP contribution in [0.4, 0.5) is 0 Å². The van der Waals surface area contributed by atoms with Crippen LogP contribution in [0.15, 0.2) is 0 Å². The second-order valence-electron chi connectivity index (χ2n) is 6.52. The van der Waals surface area contributed by atoms with Gasteiger partial charge in [-0.15, -0.1) is 0 Å². The third-order valence-electron chi connectivity index (χ3n) is 5.10. The van der Waals surface area contributed by atoms with Crippen molar-refractivity contribution in [3.05, 3.63) is 0 Å². The maximum Gasteiger partial charge on any atom is 0.0702 e. The van der Waals surface area contributed by atoms with E-state index in [-0.39, 0.29) is 5.92 Å². The van der Waals surface area contributed by atoms with Gasteiger partial charge in [-0.1, -0.05) is 20.3 Å². The summed E-state index contributed by atoms with van der Waals surface area (Å²) < 4.78 is 5.95. The van der Waals surface area contributed by atoms with Gasteiger partial charge in [0.1, 0.15) is 0 Å². The van der Waals surface area contributed by atoms with Crippen LogP contribution in [0, 0.1) is 23.2 Å². The molecule has 114 valence electrons. The van der Waals surface area contributed by atoms with E-state index >= 15 is 0 Å². The number of hydrogen-bond donors (Lipinski definition) is 0. The highest BCUT2D eigenvalue weighted by molar-refractivity contribution is 4.98. The molecule has 0 spiro atoms. The molecule has 0 aromatic rings. The molecule has 3 heteroatoms. The van der Waals surface area contributed by atoms with Crippen molar-refractivity contribution in [1.82, 2.24) is 4.90 Å². The third-order valence-corrected chi connectivity index (χ3v) is 5.10. The van der Waals surface area contributed by atoms with Gasteiger partial charge in [0.05, 0.1) is 18.1 Å². The van der Waals surface area contributed by atoms with Crippen molar-refractivity contribution in [3.63, 3.8) is 0 Å². The summed E-state index contributed by atoms with van der Waals surface area (Å²) in [6, 6.07) is 3.05. The first kappa shape index (κ1) is 15.8. The number of nitriles is 1. The lowest BCUT2D eigenvalue weighted by molar-refractivity contribution is -0.0268. The molecule has 2 rings (SSSR count). The molecule has 4 unspecified atom stereocenters. The number of likely N-dealkylation sites (tertiary alicyclic amines) is 1. The zero-order valence-corrected chi connectivity index (χ0v) is 13.2. The minimum Gasteiger partial charge on any atom is -0.377 e. The molecule has 20 heavy (non-hydrogen) atoms. The first-order valence-electron chi connectivity index (χ1n) is 8.53. The van der Waals surface area contributed by atoms with E-state index in [0.717, 1.165) is 38.5 Å². The second kappa shape index (κ2) is 8.00. The summed E-state index contributed by atoms with van der Waals surface area (Å²) in [6.07, 6.45) is 8.72. The lowest BCUT2D eigenvalue weighted by Gasteiger charge is -2.43. The van der Waals surface area contributed by atoms with Gasteiger partial charge >= 0.3 is 0 Å². The van der Waals surface area contributed by atoms with Crippen LogP contribution in [0.5, 0.6) is 0 Å². The minimum atomic E-state index is 0.239. The van der Waals surface area contributed by atoms with Crippen LogP contribution in [0.3, 0.4) is 0 Å². The van der Waals surface area contributed by atoms with Gasteiger partial charge in [-0.05, 0) is 51.0 Å². The summed E-state index contributed by atoms with van der Waals surface area (Å²) in [5, 5.41) is 9.45. The predicted molar refractivity (Wildman–Crippen MR) is 81.4 cm³/mol. The van der Waals surface area contributed by atoms with Gasteiger partial charge in [0.15, 0.2) is 0 Å². The number of ether oxygens (including phenoxy) is 1. The molecule has 1 aliphatic carbocycles. The van der Waals surface area contributed by atoms with E-state index in [9.17, 15) is 5.26 Å². The average Bonchev–Trinajstić information content (AvgIpc) is 2.52. The first-order valence-corrected chi connectivity index (χ1v) is 8.53. The van der Waals surface area contributed by atoms with Crippen LogP contribution in [0.2, 0.25) is 0 Å². The van der Waals surface area contributed by atoms with Gasteiger partial charge in [0.2, 0.25) is 0 Å². The molecule has 1 saturated carbocycles. The van der Waals surface area contributed by atoms with Crippen molar-refractivity contribution in [2.45, 2.75) is 70.9 Å². The molecule has 4 atom stereocenters. The summed E-state index contributed by atoms with van der Waals surface area (Å²) in [5.41, 5.74) is 0. The summed E-state index contributed by atoms with van der Waals surface area (Å²) in [5.74, 6) is 1.06. The van der Waals surface area contributed by atoms with Crippen LogP contribution in [0.25, 0.3) is 0 Å². The molecular weight excluding hydrogens is 248 g/mol. The van der Waals surface area contributed by atoms with Crippen LogP contribution in [-0.4, -0.2) is 36.7 Å². The van der Waals surface area contributed by atoms with E-state index in [4.69, 9.17) is 4.74 Å². The van der Waals surface area contributed by atoms with E-state index in [2.05, 4.69) is 24.8 Å². The number of hydrogen-bond acceptors (Lipinski definition) is 3. The highest BCUT2D eigenvalue weighted by atomic mass is 16.5. The van der Waals surface area contributed by atoms with Crippen molar-refractivity contribution in [2.24, 2.45) is 11.8 Å². The van der Waals surface area contributed by atoms with Crippen molar-refractivity contribution in [3.8, 4) is 6.07 Å². The molecule has 0 aromatic carbocycles. The fraction of sp³-hybridized carbons (Fsp3) is 0.941. The van der Waals surface area contributed by atoms with Gasteiger partial charge in [0.25, 0.3) is 0 Å². The smallest absolute Gasteiger partial charge is 0.0702 e. The highest BCUT2D eigenvalue weighted by Gasteiger charge is 2.36. The fourth-order valence-electron chi connectivity index (χ4n) is 3.84. The molecule has 1 aliphatic heterocycles. The van der Waals surface area contributed by atoms with Crippen molar-refractivity contribution >= 4 is 0 Å². The molecule has 1 saturated heterocycles. The molecule has 0 amide bonds. The average molecular weight is 278 g/mol. The number of nitrogens with zero attached hydrogens (tertiary/aromatic N) is 2. The van der Waals surface area contributed by atoms with Crippen molar-refractivity contribution < 1.29 is 4.74 Å². The summed E-state index contributed by atoms with van der Waals surface area (Å²) in [4.78, 5) is 2.57. The molecule has 0 aromatic heterocycles. The van der Waals surface area contributed by atoms with Crippen LogP contribution >= 0.6 is 0 Å². The Balaban J connectivity index is 1.94. The Kier molecular flexibility index (Phi) is 6.32. The van der Waals surface area contributed by atoms with Crippen molar-refractivity contribution in [2.75, 3.05) is 19.7 Å². The maximum atomic E-state index is 9.45. The fourth-order valence-corrected chi connectivity index (χ4v) is 3.84. The molecule has 0 N–H and O–H groups in total. The van der Waals surface area contributed by atoms with Crippen LogP contribution in [0.1, 0.15) is 58.8 Å². The quantitative estimate of drug-likeness (QED) is 0.771. The van der Waals surface area contributed by atoms with E-state index in [0.29, 0.717) is 12.1 Å². The van der Waals surface area contributed by atoms with E-state index in [1.807, 2.05) is 0 Å². The maximum absolute atomic E-state index is 9.45. The SMILES string of the molecule is CCCOC1CCCN(C2CC(CC)CCC2C#N)C1. The molecule has 0 bridgehead atoms. The summed E-state index contributed by atoms with van der Waals surface area (Å²) in [7, 11) is 0. The Labute approximate surface area is 124 Å². The van der Waals surface area contributed by atoms with Gasteiger partial charge in [-0.2, -0.15) is 5.26 Å². The zero-order valence-electron chi connectivity index (χ0n) is 13.2. The van der Waals surface area contributed by atoms with Crippen molar-refractivity contribution in [1.29, 1.82) is 5.26 Å². The number of piperidine rings is 1. The standard InChI is InChI=1S/C17H30N2O/c1-3-10-20-16-6-5-9-19(13-16)17-11-14(4-2)7-8-15(17)12-18/h14-17H,3-11,13H2,1-2H3. The molecule has 2 fully saturated rings. The van der Waals surface area contributed by atoms with Crippen LogP contribution in [-0.2, 0) is 4.74 Å². The largest absolute Gasteiger partial charge is 0.377 e. The Morgan fingerprint density at radius 1 is 1.25 bits per heavy atom. The normalized spacial score (nSPS) is 35.6. The molecule has 1 heterocycles. The number of rotatable bonds is 5. The Hall–Kier alpha value is -0.590. The van der Waals surface area contributed by atoms with Gasteiger partial charge in [-0.25, -0.2) is 0 Å².